The van der Waals surface area contributed by atoms with Gasteiger partial charge in [-0.2, -0.15) is 0 Å². The number of fused-ring (bicyclic) bond motifs is 1. The van der Waals surface area contributed by atoms with E-state index in [4.69, 9.17) is 4.74 Å². The molecule has 2 atom stereocenters. The second-order valence-electron chi connectivity index (χ2n) is 5.53. The molecule has 1 aromatic heterocycles. The monoisotopic (exact) mass is 347 g/mol. The number of carbonyl (C=O) groups excluding carboxylic acids is 1. The van der Waals surface area contributed by atoms with Crippen molar-refractivity contribution in [3.63, 3.8) is 0 Å². The molecule has 2 heterocycles. The van der Waals surface area contributed by atoms with E-state index in [0.717, 1.165) is 5.56 Å². The van der Waals surface area contributed by atoms with Gasteiger partial charge in [-0.1, -0.05) is 0 Å². The third-order valence-electron chi connectivity index (χ3n) is 3.73. The van der Waals surface area contributed by atoms with E-state index in [2.05, 4.69) is 15.0 Å². The number of amides is 1. The summed E-state index contributed by atoms with van der Waals surface area (Å²) in [5, 5.41) is 2.64. The Morgan fingerprint density at radius 3 is 2.67 bits per heavy atom. The molecule has 7 nitrogen and oxygen atoms in total. The van der Waals surface area contributed by atoms with Crippen LogP contribution in [0.25, 0.3) is 0 Å². The molecule has 0 saturated carbocycles. The van der Waals surface area contributed by atoms with E-state index in [-0.39, 0.29) is 10.8 Å². The average molecular weight is 347 g/mol. The van der Waals surface area contributed by atoms with Gasteiger partial charge in [0.2, 0.25) is 10.0 Å². The van der Waals surface area contributed by atoms with Crippen molar-refractivity contribution in [2.45, 2.75) is 30.9 Å². The van der Waals surface area contributed by atoms with Gasteiger partial charge in [0.15, 0.2) is 6.10 Å². The highest BCUT2D eigenvalue weighted by molar-refractivity contribution is 7.89. The molecule has 8 heteroatoms. The molecule has 1 aliphatic rings. The number of ether oxygens (including phenoxy) is 1. The Morgan fingerprint density at radius 1 is 1.25 bits per heavy atom. The molecule has 2 aromatic rings. The van der Waals surface area contributed by atoms with E-state index < -0.39 is 22.2 Å². The molecule has 2 N–H and O–H groups in total. The van der Waals surface area contributed by atoms with Gasteiger partial charge in [-0.05, 0) is 49.7 Å². The fraction of sp³-hybridized carbons (Fsp3) is 0.250. The highest BCUT2D eigenvalue weighted by Gasteiger charge is 2.26. The lowest BCUT2D eigenvalue weighted by atomic mass is 10.1. The van der Waals surface area contributed by atoms with Gasteiger partial charge in [-0.3, -0.25) is 9.78 Å². The first-order valence-corrected chi connectivity index (χ1v) is 8.89. The van der Waals surface area contributed by atoms with Crippen LogP contribution in [0.1, 0.15) is 25.5 Å². The molecule has 126 valence electrons. The molecule has 1 amide bonds. The third-order valence-corrected chi connectivity index (χ3v) is 5.27. The molecule has 1 aromatic carbocycles. The minimum atomic E-state index is -3.75. The first-order valence-electron chi connectivity index (χ1n) is 7.40. The summed E-state index contributed by atoms with van der Waals surface area (Å²) in [6, 6.07) is 7.45. The molecule has 24 heavy (non-hydrogen) atoms. The van der Waals surface area contributed by atoms with E-state index in [0.29, 0.717) is 11.4 Å². The van der Waals surface area contributed by atoms with Gasteiger partial charge in [0.25, 0.3) is 5.91 Å². The Hall–Kier alpha value is -2.45. The molecular formula is C16H17N3O4S. The first-order chi connectivity index (χ1) is 11.4. The van der Waals surface area contributed by atoms with Crippen molar-refractivity contribution in [1.82, 2.24) is 9.71 Å². The van der Waals surface area contributed by atoms with Crippen LogP contribution in [0.2, 0.25) is 0 Å². The van der Waals surface area contributed by atoms with E-state index in [1.165, 1.54) is 18.2 Å². The number of sulfonamides is 1. The largest absolute Gasteiger partial charge is 0.479 e. The summed E-state index contributed by atoms with van der Waals surface area (Å²) in [5.41, 5.74) is 1.15. The van der Waals surface area contributed by atoms with Crippen LogP contribution >= 0.6 is 0 Å². The Balaban J connectivity index is 1.85. The molecular weight excluding hydrogens is 330 g/mol. The zero-order valence-electron chi connectivity index (χ0n) is 13.2. The number of nitrogens with one attached hydrogen (secondary N) is 2. The van der Waals surface area contributed by atoms with Gasteiger partial charge in [0.05, 0.1) is 10.6 Å². The average Bonchev–Trinajstić information content (AvgIpc) is 2.56. The number of anilines is 1. The van der Waals surface area contributed by atoms with Crippen molar-refractivity contribution >= 4 is 21.6 Å². The number of pyridine rings is 1. The van der Waals surface area contributed by atoms with Crippen LogP contribution in [-0.4, -0.2) is 25.4 Å². The maximum Gasteiger partial charge on any atom is 0.265 e. The zero-order chi connectivity index (χ0) is 17.3. The van der Waals surface area contributed by atoms with E-state index in [1.807, 2.05) is 0 Å². The minimum Gasteiger partial charge on any atom is -0.479 e. The van der Waals surface area contributed by atoms with Crippen LogP contribution in [0.3, 0.4) is 0 Å². The highest BCUT2D eigenvalue weighted by atomic mass is 32.2. The van der Waals surface area contributed by atoms with E-state index >= 15 is 0 Å². The fourth-order valence-corrected chi connectivity index (χ4v) is 3.63. The Kier molecular flexibility index (Phi) is 4.25. The predicted molar refractivity (Wildman–Crippen MR) is 88.1 cm³/mol. The summed E-state index contributed by atoms with van der Waals surface area (Å²) in [6.07, 6.45) is 2.60. The van der Waals surface area contributed by atoms with Crippen molar-refractivity contribution in [1.29, 1.82) is 0 Å². The normalized spacial score (nSPS) is 18.2. The summed E-state index contributed by atoms with van der Waals surface area (Å²) < 4.78 is 33.2. The quantitative estimate of drug-likeness (QED) is 0.879. The van der Waals surface area contributed by atoms with E-state index in [1.54, 1.807) is 38.4 Å². The summed E-state index contributed by atoms with van der Waals surface area (Å²) in [7, 11) is -3.75. The van der Waals surface area contributed by atoms with Crippen LogP contribution in [0, 0.1) is 0 Å². The van der Waals surface area contributed by atoms with Crippen LogP contribution in [-0.2, 0) is 14.8 Å². The van der Waals surface area contributed by atoms with Gasteiger partial charge in [0.1, 0.15) is 5.75 Å². The summed E-state index contributed by atoms with van der Waals surface area (Å²) in [5.74, 6) is 0.137. The topological polar surface area (TPSA) is 97.4 Å². The van der Waals surface area contributed by atoms with Crippen molar-refractivity contribution in [2.75, 3.05) is 5.32 Å². The number of aromatic nitrogens is 1. The lowest BCUT2D eigenvalue weighted by Gasteiger charge is -2.24. The number of hydrogen-bond acceptors (Lipinski definition) is 5. The Bertz CT molecular complexity index is 868. The zero-order valence-corrected chi connectivity index (χ0v) is 14.0. The summed E-state index contributed by atoms with van der Waals surface area (Å²) in [4.78, 5) is 15.6. The molecule has 0 spiro atoms. The molecule has 0 radical (unpaired) electrons. The molecule has 3 rings (SSSR count). The summed E-state index contributed by atoms with van der Waals surface area (Å²) >= 11 is 0. The van der Waals surface area contributed by atoms with Crippen molar-refractivity contribution in [2.24, 2.45) is 0 Å². The number of hydrogen-bond donors (Lipinski definition) is 2. The SMILES string of the molecule is C[C@H]1Oc2ccc(S(=O)(=O)N[C@H](C)c3ccncc3)cc2NC1=O. The van der Waals surface area contributed by atoms with Gasteiger partial charge in [-0.25, -0.2) is 13.1 Å². The number of benzene rings is 1. The molecule has 0 saturated heterocycles. The lowest BCUT2D eigenvalue weighted by Crippen LogP contribution is -2.34. The van der Waals surface area contributed by atoms with E-state index in [9.17, 15) is 13.2 Å². The highest BCUT2D eigenvalue weighted by Crippen LogP contribution is 2.32. The van der Waals surface area contributed by atoms with Crippen molar-refractivity contribution in [3.05, 3.63) is 48.3 Å². The third kappa shape index (κ3) is 3.24. The Morgan fingerprint density at radius 2 is 1.96 bits per heavy atom. The maximum absolute atomic E-state index is 12.6. The number of nitrogens with zero attached hydrogens (tertiary/aromatic N) is 1. The molecule has 0 aliphatic carbocycles. The molecule has 0 bridgehead atoms. The number of rotatable bonds is 4. The maximum atomic E-state index is 12.6. The van der Waals surface area contributed by atoms with Gasteiger partial charge >= 0.3 is 0 Å². The second kappa shape index (κ2) is 6.21. The standard InChI is InChI=1S/C16H17N3O4S/c1-10(12-5-7-17-8-6-12)19-24(21,22)13-3-4-15-14(9-13)18-16(20)11(2)23-15/h3-11,19H,1-2H3,(H,18,20)/t10-,11-/m1/s1. The number of carbonyl (C=O) groups is 1. The van der Waals surface area contributed by atoms with Gasteiger partial charge < -0.3 is 10.1 Å². The second-order valence-corrected chi connectivity index (χ2v) is 7.24. The van der Waals surface area contributed by atoms with Crippen LogP contribution in [0.5, 0.6) is 5.75 Å². The van der Waals surface area contributed by atoms with Crippen LogP contribution < -0.4 is 14.8 Å². The lowest BCUT2D eigenvalue weighted by molar-refractivity contribution is -0.122. The predicted octanol–water partition coefficient (Wildman–Crippen LogP) is 1.84. The first kappa shape index (κ1) is 16.4. The van der Waals surface area contributed by atoms with Crippen LogP contribution in [0.4, 0.5) is 5.69 Å². The summed E-state index contributed by atoms with van der Waals surface area (Å²) in [6.45, 7) is 3.37. The Labute approximate surface area is 140 Å². The van der Waals surface area contributed by atoms with Gasteiger partial charge in [-0.15, -0.1) is 0 Å². The molecule has 0 fully saturated rings. The van der Waals surface area contributed by atoms with Crippen molar-refractivity contribution in [3.8, 4) is 5.75 Å². The molecule has 1 aliphatic heterocycles. The van der Waals surface area contributed by atoms with Crippen molar-refractivity contribution < 1.29 is 17.9 Å². The molecule has 0 unspecified atom stereocenters. The minimum absolute atomic E-state index is 0.0561. The van der Waals surface area contributed by atoms with Gasteiger partial charge in [0, 0.05) is 18.4 Å². The smallest absolute Gasteiger partial charge is 0.265 e. The fourth-order valence-electron chi connectivity index (χ4n) is 2.38. The van der Waals surface area contributed by atoms with Crippen LogP contribution in [0.15, 0.2) is 47.6 Å².